The molecular formula is C13H15N3O4S. The first kappa shape index (κ1) is 15.3. The molecule has 0 aliphatic rings. The van der Waals surface area contributed by atoms with E-state index in [2.05, 4.69) is 14.7 Å². The molecule has 0 unspecified atom stereocenters. The number of nitrogens with zero attached hydrogens (tertiary/aromatic N) is 2. The zero-order valence-electron chi connectivity index (χ0n) is 11.9. The molecule has 112 valence electrons. The number of hydrogen-bond donors (Lipinski definition) is 1. The first-order valence-electron chi connectivity index (χ1n) is 6.02. The van der Waals surface area contributed by atoms with Gasteiger partial charge in [-0.2, -0.15) is 0 Å². The zero-order chi connectivity index (χ0) is 15.4. The second-order valence-electron chi connectivity index (χ2n) is 4.08. The van der Waals surface area contributed by atoms with E-state index in [9.17, 15) is 4.79 Å². The van der Waals surface area contributed by atoms with Gasteiger partial charge in [-0.1, -0.05) is 11.8 Å². The molecule has 0 saturated carbocycles. The number of esters is 1. The minimum absolute atomic E-state index is 0.0173. The summed E-state index contributed by atoms with van der Waals surface area (Å²) in [7, 11) is 2.86. The fourth-order valence-electron chi connectivity index (χ4n) is 1.62. The maximum Gasteiger partial charge on any atom is 0.360 e. The Kier molecular flexibility index (Phi) is 4.81. The first-order chi connectivity index (χ1) is 10.1. The number of aryl methyl sites for hydroxylation is 1. The fraction of sp³-hybridized carbons (Fsp3) is 0.308. The molecule has 2 heterocycles. The van der Waals surface area contributed by atoms with Crippen molar-refractivity contribution in [3.63, 3.8) is 0 Å². The van der Waals surface area contributed by atoms with Crippen molar-refractivity contribution >= 4 is 23.5 Å². The Morgan fingerprint density at radius 1 is 1.43 bits per heavy atom. The van der Waals surface area contributed by atoms with Crippen molar-refractivity contribution in [2.45, 2.75) is 23.5 Å². The minimum atomic E-state index is -0.608. The van der Waals surface area contributed by atoms with Gasteiger partial charge in [0, 0.05) is 7.11 Å². The van der Waals surface area contributed by atoms with Crippen LogP contribution in [-0.4, -0.2) is 30.2 Å². The number of nitrogens with two attached hydrogens (primary N) is 1. The normalized spacial score (nSPS) is 10.6. The molecule has 0 spiro atoms. The lowest BCUT2D eigenvalue weighted by Gasteiger charge is -2.08. The van der Waals surface area contributed by atoms with Crippen molar-refractivity contribution in [3.8, 4) is 0 Å². The van der Waals surface area contributed by atoms with Crippen LogP contribution in [0.1, 0.15) is 21.9 Å². The molecule has 21 heavy (non-hydrogen) atoms. The predicted octanol–water partition coefficient (Wildman–Crippen LogP) is 2.04. The molecule has 0 aliphatic carbocycles. The number of anilines is 1. The van der Waals surface area contributed by atoms with Gasteiger partial charge in [-0.3, -0.25) is 0 Å². The quantitative estimate of drug-likeness (QED) is 0.837. The number of methoxy groups -OCH3 is 2. The highest BCUT2D eigenvalue weighted by molar-refractivity contribution is 7.99. The topological polar surface area (TPSA) is 100 Å². The molecule has 0 aliphatic heterocycles. The summed E-state index contributed by atoms with van der Waals surface area (Å²) in [4.78, 5) is 20.7. The minimum Gasteiger partial charge on any atom is -0.466 e. The van der Waals surface area contributed by atoms with Crippen LogP contribution in [-0.2, 0) is 16.1 Å². The second kappa shape index (κ2) is 6.59. The first-order valence-corrected chi connectivity index (χ1v) is 6.84. The molecule has 7 nitrogen and oxygen atoms in total. The lowest BCUT2D eigenvalue weighted by Crippen LogP contribution is -2.12. The van der Waals surface area contributed by atoms with Gasteiger partial charge in [-0.15, -0.1) is 0 Å². The van der Waals surface area contributed by atoms with Crippen molar-refractivity contribution in [2.75, 3.05) is 20.0 Å². The van der Waals surface area contributed by atoms with Crippen LogP contribution in [0.25, 0.3) is 0 Å². The van der Waals surface area contributed by atoms with Crippen LogP contribution in [0.4, 0.5) is 5.82 Å². The van der Waals surface area contributed by atoms with E-state index in [-0.39, 0.29) is 11.5 Å². The van der Waals surface area contributed by atoms with Crippen LogP contribution < -0.4 is 5.73 Å². The third-order valence-corrected chi connectivity index (χ3v) is 3.78. The lowest BCUT2D eigenvalue weighted by atomic mass is 10.4. The van der Waals surface area contributed by atoms with Crippen molar-refractivity contribution in [1.29, 1.82) is 0 Å². The Morgan fingerprint density at radius 3 is 2.86 bits per heavy atom. The van der Waals surface area contributed by atoms with Crippen LogP contribution in [0.15, 0.2) is 26.7 Å². The van der Waals surface area contributed by atoms with E-state index in [0.717, 1.165) is 4.90 Å². The van der Waals surface area contributed by atoms with E-state index in [1.807, 2.05) is 6.07 Å². The number of carbonyl (C=O) groups is 1. The van der Waals surface area contributed by atoms with Crippen molar-refractivity contribution < 1.29 is 18.7 Å². The van der Waals surface area contributed by atoms with Gasteiger partial charge in [0.25, 0.3) is 0 Å². The number of aromatic nitrogens is 2. The average Bonchev–Trinajstić information content (AvgIpc) is 2.89. The van der Waals surface area contributed by atoms with Gasteiger partial charge in [-0.05, 0) is 13.0 Å². The van der Waals surface area contributed by atoms with E-state index in [1.165, 1.54) is 18.9 Å². The third kappa shape index (κ3) is 3.34. The molecule has 0 atom stereocenters. The summed E-state index contributed by atoms with van der Waals surface area (Å²) < 4.78 is 15.0. The molecule has 2 aromatic rings. The van der Waals surface area contributed by atoms with Gasteiger partial charge < -0.3 is 19.6 Å². The monoisotopic (exact) mass is 309 g/mol. The van der Waals surface area contributed by atoms with E-state index in [1.54, 1.807) is 20.3 Å². The number of ether oxygens (including phenoxy) is 2. The Morgan fingerprint density at radius 2 is 2.19 bits per heavy atom. The van der Waals surface area contributed by atoms with Gasteiger partial charge in [0.2, 0.25) is 0 Å². The second-order valence-corrected chi connectivity index (χ2v) is 5.11. The molecule has 0 amide bonds. The number of furan rings is 1. The number of hydrogen-bond acceptors (Lipinski definition) is 8. The molecule has 0 saturated heterocycles. The Labute approximate surface area is 125 Å². The molecular weight excluding hydrogens is 294 g/mol. The molecule has 2 rings (SSSR count). The molecule has 2 N–H and O–H groups in total. The van der Waals surface area contributed by atoms with E-state index < -0.39 is 5.97 Å². The molecule has 0 bridgehead atoms. The zero-order valence-corrected chi connectivity index (χ0v) is 12.7. The van der Waals surface area contributed by atoms with E-state index in [0.29, 0.717) is 23.1 Å². The van der Waals surface area contributed by atoms with E-state index in [4.69, 9.17) is 14.9 Å². The highest BCUT2D eigenvalue weighted by atomic mass is 32.2. The summed E-state index contributed by atoms with van der Waals surface area (Å²) in [6.45, 7) is 2.11. The lowest BCUT2D eigenvalue weighted by molar-refractivity contribution is 0.0594. The Balaban J connectivity index is 2.31. The van der Waals surface area contributed by atoms with Gasteiger partial charge in [0.1, 0.15) is 17.4 Å². The summed E-state index contributed by atoms with van der Waals surface area (Å²) in [5.41, 5.74) is 6.36. The highest BCUT2D eigenvalue weighted by Crippen LogP contribution is 2.32. The van der Waals surface area contributed by atoms with Crippen molar-refractivity contribution in [3.05, 3.63) is 29.5 Å². The maximum absolute atomic E-state index is 11.5. The number of carbonyl (C=O) groups excluding carboxylic acids is 1. The Hall–Kier alpha value is -2.06. The van der Waals surface area contributed by atoms with Gasteiger partial charge >= 0.3 is 5.97 Å². The van der Waals surface area contributed by atoms with Gasteiger partial charge in [0.15, 0.2) is 11.5 Å². The van der Waals surface area contributed by atoms with Crippen LogP contribution in [0.5, 0.6) is 0 Å². The average molecular weight is 309 g/mol. The fourth-order valence-corrected chi connectivity index (χ4v) is 2.51. The molecule has 0 radical (unpaired) electrons. The van der Waals surface area contributed by atoms with Gasteiger partial charge in [-0.25, -0.2) is 14.8 Å². The summed E-state index contributed by atoms with van der Waals surface area (Å²) in [6.07, 6.45) is 1.58. The maximum atomic E-state index is 11.5. The SMILES string of the molecule is COCc1occc1Sc1nc(N)c(C(=O)OC)nc1C. The van der Waals surface area contributed by atoms with Crippen molar-refractivity contribution in [2.24, 2.45) is 0 Å². The standard InChI is InChI=1S/C13H15N3O4S/c1-7-12(16-11(14)10(15-7)13(17)19-3)21-9-4-5-20-8(9)6-18-2/h4-5H,6H2,1-3H3,(H2,14,16). The van der Waals surface area contributed by atoms with Crippen molar-refractivity contribution in [1.82, 2.24) is 9.97 Å². The van der Waals surface area contributed by atoms with Crippen LogP contribution in [0.3, 0.4) is 0 Å². The molecule has 0 fully saturated rings. The summed E-state index contributed by atoms with van der Waals surface area (Å²) >= 11 is 1.35. The summed E-state index contributed by atoms with van der Waals surface area (Å²) in [5.74, 6) is 0.120. The van der Waals surface area contributed by atoms with Gasteiger partial charge in [0.05, 0.1) is 24.0 Å². The number of nitrogen functional groups attached to an aromatic ring is 1. The summed E-state index contributed by atoms with van der Waals surface area (Å²) in [6, 6.07) is 1.81. The molecule has 2 aromatic heterocycles. The largest absolute Gasteiger partial charge is 0.466 e. The van der Waals surface area contributed by atoms with E-state index >= 15 is 0 Å². The van der Waals surface area contributed by atoms with Crippen LogP contribution in [0, 0.1) is 6.92 Å². The highest BCUT2D eigenvalue weighted by Gasteiger charge is 2.18. The van der Waals surface area contributed by atoms with Crippen LogP contribution >= 0.6 is 11.8 Å². The number of rotatable bonds is 5. The van der Waals surface area contributed by atoms with Crippen LogP contribution in [0.2, 0.25) is 0 Å². The Bertz CT molecular complexity index is 657. The smallest absolute Gasteiger partial charge is 0.360 e. The molecule has 0 aromatic carbocycles. The molecule has 8 heteroatoms. The predicted molar refractivity (Wildman–Crippen MR) is 76.1 cm³/mol. The summed E-state index contributed by atoms with van der Waals surface area (Å²) in [5, 5.41) is 0.596. The third-order valence-electron chi connectivity index (χ3n) is 2.62.